The van der Waals surface area contributed by atoms with Crippen LogP contribution in [-0.2, 0) is 0 Å². The second kappa shape index (κ2) is 41.5. The number of fused-ring (bicyclic) bond motifs is 25. The van der Waals surface area contributed by atoms with E-state index in [1.165, 1.54) is 86.9 Å². The summed E-state index contributed by atoms with van der Waals surface area (Å²) in [6.07, 6.45) is 0. The number of phenolic OH excluding ortho intramolecular Hbond substituents is 2. The van der Waals surface area contributed by atoms with E-state index in [1.807, 2.05) is 103 Å². The zero-order valence-corrected chi connectivity index (χ0v) is 81.4. The molecule has 0 fully saturated rings. The molecule has 9 nitrogen and oxygen atoms in total. The van der Waals surface area contributed by atoms with Crippen LogP contribution >= 0.6 is 27.0 Å². The molecule has 128 heavy (non-hydrogen) atoms. The summed E-state index contributed by atoms with van der Waals surface area (Å²) in [4.78, 5) is 0. The molecule has 0 atom stereocenters. The molecule has 0 unspecified atom stereocenters. The van der Waals surface area contributed by atoms with Crippen molar-refractivity contribution >= 4 is 219 Å². The van der Waals surface area contributed by atoms with Gasteiger partial charge in [0.05, 0.1) is 15.2 Å². The molecule has 18 aromatic carbocycles. The maximum Gasteiger partial charge on any atom is 1.00 e. The van der Waals surface area contributed by atoms with Crippen LogP contribution in [0.1, 0.15) is 73.1 Å². The van der Waals surface area contributed by atoms with Gasteiger partial charge in [-0.25, -0.2) is 0 Å². The molecular formula is C112H100B2BrClCsFO9Si. The third-order valence-corrected chi connectivity index (χ3v) is 33.6. The van der Waals surface area contributed by atoms with Gasteiger partial charge in [-0.05, 0) is 182 Å². The van der Waals surface area contributed by atoms with E-state index in [-0.39, 0.29) is 100.0 Å². The summed E-state index contributed by atoms with van der Waals surface area (Å²) < 4.78 is 37.0. The third kappa shape index (κ3) is 18.7. The molecule has 634 valence electrons. The van der Waals surface area contributed by atoms with Crippen molar-refractivity contribution in [1.82, 2.24) is 0 Å². The Hall–Kier alpha value is -11.1. The van der Waals surface area contributed by atoms with Gasteiger partial charge in [-0.2, -0.15) is 11.1 Å². The molecule has 0 bridgehead atoms. The molecule has 2 radical (unpaired) electrons. The molecule has 0 aliphatic carbocycles. The number of aromatic hydroxyl groups is 2. The van der Waals surface area contributed by atoms with E-state index in [0.29, 0.717) is 22.1 Å². The first kappa shape index (κ1) is 94.5. The van der Waals surface area contributed by atoms with Crippen LogP contribution in [-0.4, -0.2) is 44.5 Å². The van der Waals surface area contributed by atoms with E-state index in [0.717, 1.165) is 120 Å². The Bertz CT molecular complexity index is 7480. The van der Waals surface area contributed by atoms with E-state index in [9.17, 15) is 10.2 Å². The number of halogens is 3. The van der Waals surface area contributed by atoms with Crippen LogP contribution in [0.3, 0.4) is 0 Å². The molecule has 0 aliphatic rings. The second-order valence-electron chi connectivity index (χ2n) is 32.3. The fourth-order valence-electron chi connectivity index (χ4n) is 17.7. The zero-order chi connectivity index (χ0) is 87.3. The molecule has 23 aromatic rings. The van der Waals surface area contributed by atoms with Crippen molar-refractivity contribution in [3.63, 3.8) is 0 Å². The van der Waals surface area contributed by atoms with Crippen molar-refractivity contribution in [2.45, 2.75) is 93.8 Å². The van der Waals surface area contributed by atoms with Crippen LogP contribution < -0.4 is 79.1 Å². The topological polar surface area (TPSA) is 147 Å². The summed E-state index contributed by atoms with van der Waals surface area (Å²) in [6.45, 7) is 20.0. The molecule has 0 saturated carbocycles. The molecule has 23 rings (SSSR count). The summed E-state index contributed by atoms with van der Waals surface area (Å²) in [5.41, 5.74) is 19.7. The number of hydrogen-bond donors (Lipinski definition) is 4. The predicted octanol–water partition coefficient (Wildman–Crippen LogP) is 26.5. The quantitative estimate of drug-likeness (QED) is 0.0944. The average molecular weight is 1910 g/mol. The Morgan fingerprint density at radius 3 is 0.992 bits per heavy atom. The Morgan fingerprint density at radius 1 is 0.305 bits per heavy atom. The predicted molar refractivity (Wildman–Crippen MR) is 546 cm³/mol. The minimum Gasteiger partial charge on any atom is -1.00 e. The van der Waals surface area contributed by atoms with Crippen LogP contribution in [0, 0.1) is 20.8 Å². The molecular weight excluding hydrogens is 1810 g/mol. The molecule has 0 saturated heterocycles. The van der Waals surface area contributed by atoms with Gasteiger partial charge in [0.1, 0.15) is 67.3 Å². The Morgan fingerprint density at radius 2 is 0.602 bits per heavy atom. The van der Waals surface area contributed by atoms with Crippen molar-refractivity contribution in [3.8, 4) is 33.8 Å². The fraction of sp³-hybridized carbons (Fsp3) is 0.125. The summed E-state index contributed by atoms with van der Waals surface area (Å²) in [5, 5.41) is 59.9. The second-order valence-corrected chi connectivity index (χ2v) is 40.2. The SMILES string of the molecule is C.C.CC(C)[Si](Cl)(C(C)C)C(C)C.Cc1ccc(-c2ccccc2)c2oc3c4ccccc4ccc3c12.Cc1ccc(Br)c2oc3c4ccccc4ccc3c12.Cc1cccc2oc3c4ccccc4ccc3c12.OB(O)c1ccccc1.Oc1ccc(-c2ccccc2)c2oc3c4ccccc4ccc3c12.Oc1cccc2oc3c4ccccc4ccc3c12.[2H][B].[Cs+].[F-]. The molecule has 5 heterocycles. The normalized spacial score (nSPS) is 11.2. The number of rotatable bonds is 6. The Balaban J connectivity index is 0.000000138. The number of furan rings is 5. The monoisotopic (exact) mass is 1910 g/mol. The minimum atomic E-state index is -1.51. The smallest absolute Gasteiger partial charge is 1.00 e. The minimum absolute atomic E-state index is 0. The standard InChI is InChI=1S/C23H16O.C22H14O2.C17H11BrO.C17H12O.C16H10O2.C9H21ClSi.C6H7BO2.2CH4.BH.Cs.FH/c1-15-11-13-19(16-7-3-2-4-8-16)23-21(15)20-14-12-17-9-5-6-10-18(17)22(20)24-23;23-19-13-12-17(14-6-2-1-3-7-14)22-20(19)18-11-10-15-8-4-5-9-16(15)21(18)24-22;1-10-6-9-14(18)17-15(10)13-8-7-11-4-2-3-5-12(11)16(13)19-17;1-11-5-4-8-15-16(11)14-10-9-12-6-2-3-7-13(12)17(14)18-15;17-13-6-3-7-14-15(13)12-9-8-10-4-1-2-5-11(10)16(12)18-14;1-7(2)11(10,8(3)4)9(5)6;8-7(9)6-4-2-1-3-5-6;;;;;/h2-14H,1H3;1-13,23H;2-9H,1H3;2-10H,1H3;1-9,17H;7-9H,1-6H3;1-5,8-9H;2*1H4;1H;;1H/q;;;;;;;;;;+1;/p-1/i;;;;;;;;;1D;;. The van der Waals surface area contributed by atoms with Crippen molar-refractivity contribution in [2.75, 3.05) is 0 Å². The van der Waals surface area contributed by atoms with Crippen LogP contribution in [0.4, 0.5) is 0 Å². The van der Waals surface area contributed by atoms with Crippen LogP contribution in [0.15, 0.2) is 372 Å². The van der Waals surface area contributed by atoms with Gasteiger partial charge in [0.15, 0.2) is 7.38 Å². The number of hydrogen-bond acceptors (Lipinski definition) is 9. The first-order valence-corrected chi connectivity index (χ1v) is 45.7. The van der Waals surface area contributed by atoms with Gasteiger partial charge in [-0.15, -0.1) is 0 Å². The number of phenols is 2. The van der Waals surface area contributed by atoms with Crippen molar-refractivity contribution in [1.29, 1.82) is 1.34 Å². The Labute approximate surface area is 821 Å². The van der Waals surface area contributed by atoms with Gasteiger partial charge >= 0.3 is 76.0 Å². The summed E-state index contributed by atoms with van der Waals surface area (Å²) in [5.74, 6) is 0.514. The largest absolute Gasteiger partial charge is 1.00 e. The molecule has 16 heteroatoms. The van der Waals surface area contributed by atoms with Crippen molar-refractivity contribution in [3.05, 3.63) is 367 Å². The average Bonchev–Trinajstić information content (AvgIpc) is 1.62. The summed E-state index contributed by atoms with van der Waals surface area (Å²) in [7, 11) is 0.899. The van der Waals surface area contributed by atoms with Gasteiger partial charge in [-0.1, -0.05) is 335 Å². The van der Waals surface area contributed by atoms with Crippen LogP contribution in [0.25, 0.3) is 186 Å². The number of aryl methyl sites for hydroxylation is 3. The molecule has 0 aliphatic heterocycles. The van der Waals surface area contributed by atoms with Crippen molar-refractivity contribution < 1.29 is 116 Å². The van der Waals surface area contributed by atoms with Gasteiger partial charge in [0.25, 0.3) is 0 Å². The molecule has 5 aromatic heterocycles. The summed E-state index contributed by atoms with van der Waals surface area (Å²) in [6, 6.07) is 115. The van der Waals surface area contributed by atoms with Crippen LogP contribution in [0.2, 0.25) is 16.6 Å². The molecule has 0 spiro atoms. The van der Waals surface area contributed by atoms with Crippen molar-refractivity contribution in [2.24, 2.45) is 0 Å². The summed E-state index contributed by atoms with van der Waals surface area (Å²) >= 11 is 10.3. The third-order valence-electron chi connectivity index (χ3n) is 23.8. The first-order chi connectivity index (χ1) is 60.7. The fourth-order valence-corrected chi connectivity index (χ4v) is 22.1. The van der Waals surface area contributed by atoms with Gasteiger partial charge in [-0.3, -0.25) is 0 Å². The van der Waals surface area contributed by atoms with Gasteiger partial charge in [0, 0.05) is 89.5 Å². The van der Waals surface area contributed by atoms with E-state index < -0.39 is 14.5 Å². The van der Waals surface area contributed by atoms with Gasteiger partial charge in [0.2, 0.25) is 0 Å². The van der Waals surface area contributed by atoms with E-state index in [2.05, 4.69) is 287 Å². The number of benzene rings is 18. The van der Waals surface area contributed by atoms with E-state index in [1.54, 1.807) is 42.5 Å². The van der Waals surface area contributed by atoms with Gasteiger partial charge < -0.3 is 47.1 Å². The zero-order valence-electron chi connectivity index (χ0n) is 72.8. The maximum atomic E-state index is 10.4. The van der Waals surface area contributed by atoms with E-state index >= 15 is 0 Å². The molecule has 0 amide bonds. The van der Waals surface area contributed by atoms with E-state index in [4.69, 9.17) is 44.5 Å². The molecule has 4 N–H and O–H groups in total. The maximum absolute atomic E-state index is 10.4. The first-order valence-electron chi connectivity index (χ1n) is 42.2. The Kier molecular flexibility index (Phi) is 30.7. The van der Waals surface area contributed by atoms with Crippen LogP contribution in [0.5, 0.6) is 11.5 Å².